The lowest BCUT2D eigenvalue weighted by Gasteiger charge is -2.07. The lowest BCUT2D eigenvalue weighted by molar-refractivity contribution is 0.0702. The summed E-state index contributed by atoms with van der Waals surface area (Å²) in [7, 11) is 3.11. The van der Waals surface area contributed by atoms with Crippen molar-refractivity contribution >= 4 is 28.3 Å². The summed E-state index contributed by atoms with van der Waals surface area (Å²) >= 11 is 1.08. The highest BCUT2D eigenvalue weighted by molar-refractivity contribution is 7.15. The molecule has 0 aliphatic heterocycles. The summed E-state index contributed by atoms with van der Waals surface area (Å²) in [6.07, 6.45) is 2.92. The van der Waals surface area contributed by atoms with E-state index in [9.17, 15) is 4.79 Å². The van der Waals surface area contributed by atoms with Gasteiger partial charge in [-0.2, -0.15) is 0 Å². The minimum absolute atomic E-state index is 0.173. The molecule has 1 aromatic carbocycles. The van der Waals surface area contributed by atoms with Crippen LogP contribution in [0.3, 0.4) is 0 Å². The molecule has 0 aliphatic carbocycles. The highest BCUT2D eigenvalue weighted by atomic mass is 32.1. The van der Waals surface area contributed by atoms with Crippen LogP contribution in [-0.4, -0.2) is 39.8 Å². The van der Waals surface area contributed by atoms with Crippen LogP contribution in [0.2, 0.25) is 0 Å². The number of hydrogen-bond donors (Lipinski definition) is 1. The molecule has 8 heteroatoms. The molecule has 3 aromatic rings. The van der Waals surface area contributed by atoms with E-state index in [2.05, 4.69) is 9.97 Å². The number of aromatic nitrogens is 3. The van der Waals surface area contributed by atoms with Crippen LogP contribution in [-0.2, 0) is 0 Å². The first-order valence-corrected chi connectivity index (χ1v) is 6.74. The summed E-state index contributed by atoms with van der Waals surface area (Å²) < 4.78 is 12.2. The number of nitrogens with zero attached hydrogens (tertiary/aromatic N) is 3. The van der Waals surface area contributed by atoms with Gasteiger partial charge in [0.2, 0.25) is 0 Å². The van der Waals surface area contributed by atoms with Gasteiger partial charge in [0.1, 0.15) is 11.2 Å². The molecule has 0 fully saturated rings. The highest BCUT2D eigenvalue weighted by Crippen LogP contribution is 2.33. The minimum atomic E-state index is -0.998. The van der Waals surface area contributed by atoms with Crippen molar-refractivity contribution in [3.8, 4) is 16.6 Å². The summed E-state index contributed by atoms with van der Waals surface area (Å²) in [6, 6.07) is 3.54. The summed E-state index contributed by atoms with van der Waals surface area (Å²) in [4.78, 5) is 19.5. The average molecular weight is 305 g/mol. The van der Waals surface area contributed by atoms with Gasteiger partial charge in [0.05, 0.1) is 31.4 Å². The van der Waals surface area contributed by atoms with E-state index in [0.717, 1.165) is 16.9 Å². The molecule has 0 bridgehead atoms. The Kier molecular flexibility index (Phi) is 3.22. The zero-order valence-electron chi connectivity index (χ0n) is 11.2. The summed E-state index contributed by atoms with van der Waals surface area (Å²) in [5, 5.41) is 9.50. The van der Waals surface area contributed by atoms with Crippen LogP contribution >= 0.6 is 11.3 Å². The Labute approximate surface area is 123 Å². The molecule has 108 valence electrons. The third-order valence-electron chi connectivity index (χ3n) is 2.96. The molecule has 3 rings (SSSR count). The van der Waals surface area contributed by atoms with Crippen molar-refractivity contribution in [1.29, 1.82) is 0 Å². The number of hydrogen-bond acceptors (Lipinski definition) is 6. The molecule has 1 N–H and O–H groups in total. The number of rotatable bonds is 4. The zero-order chi connectivity index (χ0) is 15.0. The van der Waals surface area contributed by atoms with E-state index >= 15 is 0 Å². The smallest absolute Gasteiger partial charge is 0.347 e. The number of imidazole rings is 1. The fourth-order valence-corrected chi connectivity index (χ4v) is 2.70. The van der Waals surface area contributed by atoms with Gasteiger partial charge in [-0.15, -0.1) is 0 Å². The Morgan fingerprint density at radius 1 is 1.24 bits per heavy atom. The third-order valence-corrected chi connectivity index (χ3v) is 3.95. The molecule has 0 unspecified atom stereocenters. The van der Waals surface area contributed by atoms with E-state index in [0.29, 0.717) is 22.1 Å². The fourth-order valence-electron chi connectivity index (χ4n) is 1.96. The second kappa shape index (κ2) is 5.06. The summed E-state index contributed by atoms with van der Waals surface area (Å²) in [6.45, 7) is 0. The Morgan fingerprint density at radius 2 is 1.95 bits per heavy atom. The maximum absolute atomic E-state index is 10.9. The lowest BCUT2D eigenvalue weighted by Crippen LogP contribution is -1.93. The van der Waals surface area contributed by atoms with Gasteiger partial charge in [0.15, 0.2) is 16.6 Å². The number of carboxylic acid groups (broad SMARTS) is 1. The first-order chi connectivity index (χ1) is 10.1. The standard InChI is InChI=1S/C13H11N3O4S/c1-19-9-3-7-8(4-10(9)20-2)16(6-15-7)13-14-5-11(21-13)12(17)18/h3-6H,1-2H3,(H,17,18). The SMILES string of the molecule is COc1cc2ncn(-c3ncc(C(=O)O)s3)c2cc1OC. The molecular formula is C13H11N3O4S. The van der Waals surface area contributed by atoms with Crippen LogP contribution < -0.4 is 9.47 Å². The van der Waals surface area contributed by atoms with Crippen LogP contribution in [0.1, 0.15) is 9.67 Å². The molecular weight excluding hydrogens is 294 g/mol. The second-order valence-electron chi connectivity index (χ2n) is 4.12. The van der Waals surface area contributed by atoms with E-state index in [1.165, 1.54) is 6.20 Å². The van der Waals surface area contributed by atoms with E-state index in [1.807, 2.05) is 0 Å². The van der Waals surface area contributed by atoms with E-state index < -0.39 is 5.97 Å². The van der Waals surface area contributed by atoms with Gasteiger partial charge in [0, 0.05) is 12.1 Å². The third kappa shape index (κ3) is 2.19. The summed E-state index contributed by atoms with van der Waals surface area (Å²) in [5.41, 5.74) is 1.47. The molecule has 0 aliphatic rings. The van der Waals surface area contributed by atoms with Gasteiger partial charge in [-0.3, -0.25) is 4.57 Å². The van der Waals surface area contributed by atoms with Crippen molar-refractivity contribution in [3.05, 3.63) is 29.5 Å². The first kappa shape index (κ1) is 13.4. The molecule has 2 aromatic heterocycles. The number of fused-ring (bicyclic) bond motifs is 1. The van der Waals surface area contributed by atoms with Crippen molar-refractivity contribution in [2.75, 3.05) is 14.2 Å². The van der Waals surface area contributed by atoms with Crippen molar-refractivity contribution in [1.82, 2.24) is 14.5 Å². The molecule has 21 heavy (non-hydrogen) atoms. The monoisotopic (exact) mass is 305 g/mol. The maximum atomic E-state index is 10.9. The van der Waals surface area contributed by atoms with E-state index in [4.69, 9.17) is 14.6 Å². The fraction of sp³-hybridized carbons (Fsp3) is 0.154. The number of methoxy groups -OCH3 is 2. The Balaban J connectivity index is 2.16. The number of aromatic carboxylic acids is 1. The van der Waals surface area contributed by atoms with Crippen molar-refractivity contribution in [3.63, 3.8) is 0 Å². The Hall–Kier alpha value is -2.61. The molecule has 0 radical (unpaired) electrons. The largest absolute Gasteiger partial charge is 0.493 e. The predicted molar refractivity (Wildman–Crippen MR) is 76.8 cm³/mol. The van der Waals surface area contributed by atoms with Crippen molar-refractivity contribution in [2.45, 2.75) is 0 Å². The molecule has 0 atom stereocenters. The zero-order valence-corrected chi connectivity index (χ0v) is 12.0. The van der Waals surface area contributed by atoms with Crippen molar-refractivity contribution < 1.29 is 19.4 Å². The molecule has 0 amide bonds. The molecule has 2 heterocycles. The lowest BCUT2D eigenvalue weighted by atomic mass is 10.2. The second-order valence-corrected chi connectivity index (χ2v) is 5.13. The number of carboxylic acids is 1. The van der Waals surface area contributed by atoms with Crippen LogP contribution in [0.5, 0.6) is 11.5 Å². The number of thiazole rings is 1. The van der Waals surface area contributed by atoms with Gasteiger partial charge < -0.3 is 14.6 Å². The first-order valence-electron chi connectivity index (χ1n) is 5.92. The van der Waals surface area contributed by atoms with E-state index in [-0.39, 0.29) is 4.88 Å². The van der Waals surface area contributed by atoms with E-state index in [1.54, 1.807) is 37.2 Å². The van der Waals surface area contributed by atoms with Gasteiger partial charge in [-0.05, 0) is 0 Å². The summed E-state index contributed by atoms with van der Waals surface area (Å²) in [5.74, 6) is 0.157. The Morgan fingerprint density at radius 3 is 2.57 bits per heavy atom. The molecule has 7 nitrogen and oxygen atoms in total. The Bertz CT molecular complexity index is 824. The maximum Gasteiger partial charge on any atom is 0.347 e. The van der Waals surface area contributed by atoms with Crippen LogP contribution in [0.4, 0.5) is 0 Å². The average Bonchev–Trinajstić information content (AvgIpc) is 3.11. The highest BCUT2D eigenvalue weighted by Gasteiger charge is 2.15. The topological polar surface area (TPSA) is 86.5 Å². The van der Waals surface area contributed by atoms with Gasteiger partial charge in [0.25, 0.3) is 0 Å². The number of ether oxygens (including phenoxy) is 2. The molecule has 0 saturated carbocycles. The molecule has 0 saturated heterocycles. The van der Waals surface area contributed by atoms with Crippen LogP contribution in [0, 0.1) is 0 Å². The quantitative estimate of drug-likeness (QED) is 0.795. The normalized spacial score (nSPS) is 10.8. The minimum Gasteiger partial charge on any atom is -0.493 e. The molecule has 0 spiro atoms. The number of benzene rings is 1. The van der Waals surface area contributed by atoms with Crippen molar-refractivity contribution in [2.24, 2.45) is 0 Å². The van der Waals surface area contributed by atoms with Crippen LogP contribution in [0.25, 0.3) is 16.2 Å². The van der Waals surface area contributed by atoms with Gasteiger partial charge in [-0.25, -0.2) is 14.8 Å². The number of carbonyl (C=O) groups is 1. The van der Waals surface area contributed by atoms with Gasteiger partial charge in [-0.1, -0.05) is 11.3 Å². The van der Waals surface area contributed by atoms with Gasteiger partial charge >= 0.3 is 5.97 Å². The van der Waals surface area contributed by atoms with Crippen LogP contribution in [0.15, 0.2) is 24.7 Å². The predicted octanol–water partition coefficient (Wildman–Crippen LogP) is 2.20.